The van der Waals surface area contributed by atoms with Crippen molar-refractivity contribution in [1.29, 1.82) is 0 Å². The number of carbonyl (C=O) groups is 1. The van der Waals surface area contributed by atoms with Crippen LogP contribution in [0.25, 0.3) is 11.4 Å². The molecule has 0 saturated carbocycles. The number of nitrogens with one attached hydrogen (secondary N) is 1. The van der Waals surface area contributed by atoms with Crippen LogP contribution in [0.1, 0.15) is 25.5 Å². The van der Waals surface area contributed by atoms with Gasteiger partial charge >= 0.3 is 0 Å². The van der Waals surface area contributed by atoms with Crippen LogP contribution in [-0.4, -0.2) is 25.9 Å². The molecule has 2 atom stereocenters. The van der Waals surface area contributed by atoms with Gasteiger partial charge in [-0.25, -0.2) is 0 Å². The quantitative estimate of drug-likeness (QED) is 0.545. The van der Waals surface area contributed by atoms with Gasteiger partial charge in [0.1, 0.15) is 0 Å². The Morgan fingerprint density at radius 3 is 2.50 bits per heavy atom. The van der Waals surface area contributed by atoms with Crippen molar-refractivity contribution in [1.82, 2.24) is 20.1 Å². The number of benzene rings is 2. The van der Waals surface area contributed by atoms with Crippen LogP contribution in [0.15, 0.2) is 53.7 Å². The second kappa shape index (κ2) is 8.99. The molecule has 0 aliphatic rings. The summed E-state index contributed by atoms with van der Waals surface area (Å²) in [5.41, 5.74) is 1.80. The van der Waals surface area contributed by atoms with E-state index >= 15 is 0 Å². The Morgan fingerprint density at radius 2 is 1.82 bits per heavy atom. The Labute approximate surface area is 178 Å². The van der Waals surface area contributed by atoms with E-state index in [0.29, 0.717) is 15.2 Å². The van der Waals surface area contributed by atoms with Gasteiger partial charge in [-0.2, -0.15) is 0 Å². The van der Waals surface area contributed by atoms with Gasteiger partial charge in [0, 0.05) is 22.7 Å². The highest BCUT2D eigenvalue weighted by Crippen LogP contribution is 2.28. The largest absolute Gasteiger partial charge is 0.349 e. The summed E-state index contributed by atoms with van der Waals surface area (Å²) < 4.78 is 1.89. The fourth-order valence-electron chi connectivity index (χ4n) is 2.73. The van der Waals surface area contributed by atoms with Crippen LogP contribution >= 0.6 is 35.0 Å². The molecule has 0 saturated heterocycles. The van der Waals surface area contributed by atoms with Gasteiger partial charge in [-0.05, 0) is 31.5 Å². The molecule has 2 unspecified atom stereocenters. The van der Waals surface area contributed by atoms with Gasteiger partial charge < -0.3 is 9.88 Å². The summed E-state index contributed by atoms with van der Waals surface area (Å²) in [6, 6.07) is 14.8. The Morgan fingerprint density at radius 1 is 1.11 bits per heavy atom. The van der Waals surface area contributed by atoms with Crippen LogP contribution in [0, 0.1) is 0 Å². The monoisotopic (exact) mass is 434 g/mol. The number of nitrogens with zero attached hydrogens (tertiary/aromatic N) is 3. The lowest BCUT2D eigenvalue weighted by atomic mass is 10.1. The third kappa shape index (κ3) is 4.69. The van der Waals surface area contributed by atoms with E-state index in [9.17, 15) is 4.79 Å². The predicted octanol–water partition coefficient (Wildman–Crippen LogP) is 5.15. The molecule has 0 bridgehead atoms. The molecule has 5 nitrogen and oxygen atoms in total. The maximum Gasteiger partial charge on any atom is 0.233 e. The van der Waals surface area contributed by atoms with E-state index in [1.165, 1.54) is 11.8 Å². The molecule has 2 aromatic carbocycles. The molecule has 8 heteroatoms. The van der Waals surface area contributed by atoms with Crippen LogP contribution in [0.3, 0.4) is 0 Å². The number of halogens is 2. The van der Waals surface area contributed by atoms with Gasteiger partial charge in [-0.1, -0.05) is 71.4 Å². The van der Waals surface area contributed by atoms with E-state index in [4.69, 9.17) is 23.2 Å². The van der Waals surface area contributed by atoms with Crippen LogP contribution in [-0.2, 0) is 11.8 Å². The lowest BCUT2D eigenvalue weighted by Crippen LogP contribution is -2.33. The SMILES string of the molecule is CC(Sc1nnc(-c2ccccc2)n1C)C(=O)NC(C)c1ccc(Cl)cc1Cl. The normalized spacial score (nSPS) is 13.2. The van der Waals surface area contributed by atoms with Crippen molar-refractivity contribution in [3.8, 4) is 11.4 Å². The van der Waals surface area contributed by atoms with Gasteiger partial charge in [0.05, 0.1) is 11.3 Å². The van der Waals surface area contributed by atoms with Crippen molar-refractivity contribution in [3.05, 3.63) is 64.1 Å². The van der Waals surface area contributed by atoms with E-state index in [2.05, 4.69) is 15.5 Å². The minimum Gasteiger partial charge on any atom is -0.349 e. The Kier molecular flexibility index (Phi) is 6.65. The first-order valence-electron chi connectivity index (χ1n) is 8.73. The molecule has 1 amide bonds. The number of amides is 1. The lowest BCUT2D eigenvalue weighted by molar-refractivity contribution is -0.120. The number of hydrogen-bond acceptors (Lipinski definition) is 4. The van der Waals surface area contributed by atoms with Crippen molar-refractivity contribution in [2.45, 2.75) is 30.3 Å². The molecule has 3 aromatic rings. The average Bonchev–Trinajstić information content (AvgIpc) is 3.02. The summed E-state index contributed by atoms with van der Waals surface area (Å²) >= 11 is 13.5. The Bertz CT molecular complexity index is 978. The molecule has 0 aliphatic heterocycles. The Hall–Kier alpha value is -2.02. The first-order valence-corrected chi connectivity index (χ1v) is 10.4. The summed E-state index contributed by atoms with van der Waals surface area (Å²) in [6.45, 7) is 3.73. The zero-order chi connectivity index (χ0) is 20.3. The second-order valence-electron chi connectivity index (χ2n) is 6.39. The zero-order valence-electron chi connectivity index (χ0n) is 15.7. The minimum absolute atomic E-state index is 0.104. The van der Waals surface area contributed by atoms with E-state index in [0.717, 1.165) is 17.0 Å². The summed E-state index contributed by atoms with van der Waals surface area (Å²) in [7, 11) is 1.89. The standard InChI is InChI=1S/C20H20Cl2N4OS/c1-12(16-10-9-15(21)11-17(16)22)23-19(27)13(2)28-20-25-24-18(26(20)3)14-7-5-4-6-8-14/h4-13H,1-3H3,(H,23,27). The van der Waals surface area contributed by atoms with Gasteiger partial charge in [-0.3, -0.25) is 4.79 Å². The lowest BCUT2D eigenvalue weighted by Gasteiger charge is -2.18. The van der Waals surface area contributed by atoms with Gasteiger partial charge in [-0.15, -0.1) is 10.2 Å². The third-order valence-electron chi connectivity index (χ3n) is 4.31. The topological polar surface area (TPSA) is 59.8 Å². The van der Waals surface area contributed by atoms with Crippen LogP contribution in [0.2, 0.25) is 10.0 Å². The van der Waals surface area contributed by atoms with Gasteiger partial charge in [0.25, 0.3) is 0 Å². The third-order valence-corrected chi connectivity index (χ3v) is 6.00. The summed E-state index contributed by atoms with van der Waals surface area (Å²) in [4.78, 5) is 12.6. The van der Waals surface area contributed by atoms with Crippen LogP contribution in [0.4, 0.5) is 0 Å². The molecule has 1 aromatic heterocycles. The van der Waals surface area contributed by atoms with E-state index in [1.807, 2.05) is 61.9 Å². The average molecular weight is 435 g/mol. The molecule has 3 rings (SSSR count). The molecular weight excluding hydrogens is 415 g/mol. The fourth-order valence-corrected chi connectivity index (χ4v) is 4.12. The van der Waals surface area contributed by atoms with E-state index in [1.54, 1.807) is 12.1 Å². The zero-order valence-corrected chi connectivity index (χ0v) is 18.0. The molecule has 1 heterocycles. The predicted molar refractivity (Wildman–Crippen MR) is 115 cm³/mol. The number of aromatic nitrogens is 3. The molecule has 0 radical (unpaired) electrons. The minimum atomic E-state index is -0.347. The molecule has 1 N–H and O–H groups in total. The smallest absolute Gasteiger partial charge is 0.233 e. The molecule has 146 valence electrons. The summed E-state index contributed by atoms with van der Waals surface area (Å²) in [5, 5.41) is 12.9. The maximum atomic E-state index is 12.6. The van der Waals surface area contributed by atoms with E-state index in [-0.39, 0.29) is 17.2 Å². The first-order chi connectivity index (χ1) is 13.4. The highest BCUT2D eigenvalue weighted by molar-refractivity contribution is 8.00. The molecule has 0 aliphatic carbocycles. The van der Waals surface area contributed by atoms with Crippen molar-refractivity contribution >= 4 is 40.9 Å². The van der Waals surface area contributed by atoms with Gasteiger partial charge in [0.15, 0.2) is 11.0 Å². The first kappa shape index (κ1) is 20.7. The highest BCUT2D eigenvalue weighted by Gasteiger charge is 2.21. The number of thioether (sulfide) groups is 1. The summed E-state index contributed by atoms with van der Waals surface area (Å²) in [5.74, 6) is 0.657. The molecular formula is C20H20Cl2N4OS. The molecule has 0 fully saturated rings. The van der Waals surface area contributed by atoms with E-state index < -0.39 is 0 Å². The maximum absolute atomic E-state index is 12.6. The van der Waals surface area contributed by atoms with Crippen LogP contribution < -0.4 is 5.32 Å². The second-order valence-corrected chi connectivity index (χ2v) is 8.54. The van der Waals surface area contributed by atoms with Gasteiger partial charge in [0.2, 0.25) is 5.91 Å². The highest BCUT2D eigenvalue weighted by atomic mass is 35.5. The number of carbonyl (C=O) groups excluding carboxylic acids is 1. The number of rotatable bonds is 6. The molecule has 28 heavy (non-hydrogen) atoms. The van der Waals surface area contributed by atoms with Crippen molar-refractivity contribution in [2.75, 3.05) is 0 Å². The van der Waals surface area contributed by atoms with Crippen LogP contribution in [0.5, 0.6) is 0 Å². The summed E-state index contributed by atoms with van der Waals surface area (Å²) in [6.07, 6.45) is 0. The number of hydrogen-bond donors (Lipinski definition) is 1. The van der Waals surface area contributed by atoms with Crippen molar-refractivity contribution in [3.63, 3.8) is 0 Å². The molecule has 0 spiro atoms. The van der Waals surface area contributed by atoms with Crippen molar-refractivity contribution < 1.29 is 4.79 Å². The Balaban J connectivity index is 1.67. The van der Waals surface area contributed by atoms with Crippen molar-refractivity contribution in [2.24, 2.45) is 7.05 Å². The fraction of sp³-hybridized carbons (Fsp3) is 0.250.